The van der Waals surface area contributed by atoms with E-state index < -0.39 is 12.5 Å². The highest BCUT2D eigenvalue weighted by Gasteiger charge is 2.33. The lowest BCUT2D eigenvalue weighted by Crippen LogP contribution is -2.40. The molecule has 4 rings (SSSR count). The number of carbonyl (C=O) groups is 3. The number of ether oxygens (including phenoxy) is 3. The zero-order chi connectivity index (χ0) is 24.9. The van der Waals surface area contributed by atoms with Gasteiger partial charge in [-0.05, 0) is 25.7 Å². The van der Waals surface area contributed by atoms with Gasteiger partial charge in [-0.2, -0.15) is 5.10 Å². The monoisotopic (exact) mass is 487 g/mol. The first-order valence-electron chi connectivity index (χ1n) is 11.4. The lowest BCUT2D eigenvalue weighted by Gasteiger charge is -2.25. The highest BCUT2D eigenvalue weighted by atomic mass is 16.6. The summed E-state index contributed by atoms with van der Waals surface area (Å²) in [6.45, 7) is 1.12. The number of nitrogens with one attached hydrogen (secondary N) is 2. The van der Waals surface area contributed by atoms with Crippen molar-refractivity contribution in [2.45, 2.75) is 37.7 Å². The van der Waals surface area contributed by atoms with Crippen molar-refractivity contribution in [2.24, 2.45) is 0 Å². The molecule has 2 aliphatic rings. The Hall–Kier alpha value is -3.80. The molecule has 2 atom stereocenters. The fourth-order valence-electron chi connectivity index (χ4n) is 4.38. The van der Waals surface area contributed by atoms with E-state index in [0.717, 1.165) is 31.5 Å². The summed E-state index contributed by atoms with van der Waals surface area (Å²) in [5.74, 6) is -0.0186. The SMILES string of the molecule is COc1cc(O)c(C=O)c(OCC(=O)Nc2cc([C@H]3CC[C@@H](OC(=O)N4CCCN4C)C3)[nH]n2)c1. The number of methoxy groups -OCH3 is 1. The number of hydrogen-bond donors (Lipinski definition) is 3. The van der Waals surface area contributed by atoms with E-state index in [4.69, 9.17) is 14.2 Å². The number of aromatic hydroxyl groups is 1. The lowest BCUT2D eigenvalue weighted by atomic mass is 10.0. The standard InChI is InChI=1S/C23H29N5O7/c1-27-6-3-7-28(27)23(32)35-15-5-4-14(8-15)18-11-21(26-25-18)24-22(31)13-34-20-10-16(33-2)9-19(30)17(20)12-29/h9-12,14-15,30H,3-8,13H2,1-2H3,(H2,24,25,26,31)/t14-,15+/m0/s1. The Labute approximate surface area is 202 Å². The molecule has 1 saturated heterocycles. The smallest absolute Gasteiger partial charge is 0.424 e. The van der Waals surface area contributed by atoms with E-state index in [1.807, 2.05) is 12.1 Å². The molecule has 0 radical (unpaired) electrons. The molecule has 3 N–H and O–H groups in total. The third-order valence-corrected chi connectivity index (χ3v) is 6.24. The Morgan fingerprint density at radius 1 is 1.29 bits per heavy atom. The van der Waals surface area contributed by atoms with E-state index in [-0.39, 0.29) is 40.9 Å². The largest absolute Gasteiger partial charge is 0.507 e. The second-order valence-corrected chi connectivity index (χ2v) is 8.60. The van der Waals surface area contributed by atoms with Crippen molar-refractivity contribution in [3.8, 4) is 17.2 Å². The number of anilines is 1. The molecule has 1 aromatic heterocycles. The van der Waals surface area contributed by atoms with Crippen LogP contribution in [-0.2, 0) is 9.53 Å². The average Bonchev–Trinajstić information content (AvgIpc) is 3.58. The first kappa shape index (κ1) is 24.3. The predicted molar refractivity (Wildman–Crippen MR) is 124 cm³/mol. The second kappa shape index (κ2) is 10.6. The molecule has 12 heteroatoms. The van der Waals surface area contributed by atoms with Gasteiger partial charge in [-0.25, -0.2) is 14.8 Å². The number of nitrogens with zero attached hydrogens (tertiary/aromatic N) is 3. The number of benzene rings is 1. The van der Waals surface area contributed by atoms with Crippen molar-refractivity contribution in [1.82, 2.24) is 20.2 Å². The summed E-state index contributed by atoms with van der Waals surface area (Å²) in [4.78, 5) is 36.0. The summed E-state index contributed by atoms with van der Waals surface area (Å²) in [6, 6.07) is 4.44. The third-order valence-electron chi connectivity index (χ3n) is 6.24. The van der Waals surface area contributed by atoms with Crippen LogP contribution in [0.3, 0.4) is 0 Å². The van der Waals surface area contributed by atoms with Crippen molar-refractivity contribution in [2.75, 3.05) is 39.2 Å². The van der Waals surface area contributed by atoms with Gasteiger partial charge < -0.3 is 24.6 Å². The highest BCUT2D eigenvalue weighted by Crippen LogP contribution is 2.36. The van der Waals surface area contributed by atoms with Crippen LogP contribution in [0, 0.1) is 0 Å². The van der Waals surface area contributed by atoms with Crippen molar-refractivity contribution in [3.05, 3.63) is 29.5 Å². The molecular weight excluding hydrogens is 458 g/mol. The minimum atomic E-state index is -0.491. The molecular formula is C23H29N5O7. The molecule has 12 nitrogen and oxygen atoms in total. The van der Waals surface area contributed by atoms with Crippen LogP contribution in [0.1, 0.15) is 47.7 Å². The predicted octanol–water partition coefficient (Wildman–Crippen LogP) is 2.28. The Morgan fingerprint density at radius 3 is 2.83 bits per heavy atom. The van der Waals surface area contributed by atoms with E-state index in [0.29, 0.717) is 25.1 Å². The van der Waals surface area contributed by atoms with Gasteiger partial charge >= 0.3 is 6.09 Å². The van der Waals surface area contributed by atoms with Crippen molar-refractivity contribution >= 4 is 24.1 Å². The van der Waals surface area contributed by atoms with Gasteiger partial charge in [0.05, 0.1) is 12.7 Å². The maximum Gasteiger partial charge on any atom is 0.424 e. The quantitative estimate of drug-likeness (QED) is 0.477. The summed E-state index contributed by atoms with van der Waals surface area (Å²) in [5.41, 5.74) is 0.771. The summed E-state index contributed by atoms with van der Waals surface area (Å²) in [6.07, 6.45) is 3.17. The maximum absolute atomic E-state index is 12.4. The Kier molecular flexibility index (Phi) is 7.39. The van der Waals surface area contributed by atoms with Gasteiger partial charge in [0.1, 0.15) is 23.4 Å². The topological polar surface area (TPSA) is 146 Å². The molecule has 1 aromatic carbocycles. The van der Waals surface area contributed by atoms with Crippen LogP contribution in [0.25, 0.3) is 0 Å². The number of rotatable bonds is 8. The van der Waals surface area contributed by atoms with Gasteiger partial charge in [-0.3, -0.25) is 14.7 Å². The minimum absolute atomic E-state index is 0.0291. The van der Waals surface area contributed by atoms with E-state index in [9.17, 15) is 19.5 Å². The zero-order valence-corrected chi connectivity index (χ0v) is 19.7. The van der Waals surface area contributed by atoms with Crippen LogP contribution in [0.5, 0.6) is 17.2 Å². The third kappa shape index (κ3) is 5.65. The number of aldehydes is 1. The molecule has 0 spiro atoms. The number of phenols is 1. The molecule has 2 fully saturated rings. The van der Waals surface area contributed by atoms with Crippen molar-refractivity contribution < 1.29 is 33.7 Å². The van der Waals surface area contributed by atoms with Crippen LogP contribution in [-0.4, -0.2) is 83.6 Å². The summed E-state index contributed by atoms with van der Waals surface area (Å²) >= 11 is 0. The molecule has 0 unspecified atom stereocenters. The normalized spacial score (nSPS) is 20.0. The van der Waals surface area contributed by atoms with E-state index in [1.54, 1.807) is 11.1 Å². The Balaban J connectivity index is 1.28. The van der Waals surface area contributed by atoms with Crippen LogP contribution in [0.4, 0.5) is 10.6 Å². The molecule has 1 aliphatic heterocycles. The lowest BCUT2D eigenvalue weighted by molar-refractivity contribution is -0.118. The first-order chi connectivity index (χ1) is 16.9. The second-order valence-electron chi connectivity index (χ2n) is 8.60. The summed E-state index contributed by atoms with van der Waals surface area (Å²) in [7, 11) is 3.28. The minimum Gasteiger partial charge on any atom is -0.507 e. The summed E-state index contributed by atoms with van der Waals surface area (Å²) < 4.78 is 16.1. The number of aromatic amines is 1. The molecule has 2 amide bonds. The molecule has 1 saturated carbocycles. The molecule has 2 aromatic rings. The van der Waals surface area contributed by atoms with Gasteiger partial charge in [0.25, 0.3) is 5.91 Å². The number of hydrogen-bond acceptors (Lipinski definition) is 9. The van der Waals surface area contributed by atoms with Crippen molar-refractivity contribution in [3.63, 3.8) is 0 Å². The van der Waals surface area contributed by atoms with Gasteiger partial charge in [0.2, 0.25) is 0 Å². The fraction of sp³-hybridized carbons (Fsp3) is 0.478. The Bertz CT molecular complexity index is 1090. The van der Waals surface area contributed by atoms with E-state index in [1.165, 1.54) is 19.2 Å². The van der Waals surface area contributed by atoms with E-state index in [2.05, 4.69) is 15.5 Å². The van der Waals surface area contributed by atoms with Crippen LogP contribution < -0.4 is 14.8 Å². The van der Waals surface area contributed by atoms with Gasteiger partial charge in [0, 0.05) is 49.9 Å². The fourth-order valence-corrected chi connectivity index (χ4v) is 4.38. The number of amides is 2. The molecule has 2 heterocycles. The number of hydrazine groups is 1. The number of aromatic nitrogens is 2. The number of carbonyl (C=O) groups excluding carboxylic acids is 3. The van der Waals surface area contributed by atoms with Crippen molar-refractivity contribution in [1.29, 1.82) is 0 Å². The van der Waals surface area contributed by atoms with Gasteiger partial charge in [0.15, 0.2) is 18.7 Å². The molecule has 0 bridgehead atoms. The molecule has 35 heavy (non-hydrogen) atoms. The Morgan fingerprint density at radius 2 is 2.11 bits per heavy atom. The van der Waals surface area contributed by atoms with Crippen LogP contribution >= 0.6 is 0 Å². The average molecular weight is 488 g/mol. The van der Waals surface area contributed by atoms with E-state index >= 15 is 0 Å². The maximum atomic E-state index is 12.4. The molecule has 188 valence electrons. The number of H-pyrrole nitrogens is 1. The van der Waals surface area contributed by atoms with Gasteiger partial charge in [-0.1, -0.05) is 0 Å². The van der Waals surface area contributed by atoms with Crippen LogP contribution in [0.2, 0.25) is 0 Å². The first-order valence-corrected chi connectivity index (χ1v) is 11.4. The summed E-state index contributed by atoms with van der Waals surface area (Å²) in [5, 5.41) is 23.1. The highest BCUT2D eigenvalue weighted by molar-refractivity contribution is 5.91. The zero-order valence-electron chi connectivity index (χ0n) is 19.7. The van der Waals surface area contributed by atoms with Gasteiger partial charge in [-0.15, -0.1) is 0 Å². The van der Waals surface area contributed by atoms with Crippen LogP contribution in [0.15, 0.2) is 18.2 Å². The number of phenolic OH excluding ortho intramolecular Hbond substituents is 1. The molecule has 1 aliphatic carbocycles.